The number of aromatic nitrogens is 1. The fourth-order valence-corrected chi connectivity index (χ4v) is 1.63. The molecule has 2 aromatic rings. The van der Waals surface area contributed by atoms with E-state index in [0.29, 0.717) is 0 Å². The summed E-state index contributed by atoms with van der Waals surface area (Å²) < 4.78 is 1.97. The molecule has 0 aliphatic carbocycles. The van der Waals surface area contributed by atoms with Crippen LogP contribution < -0.4 is 0 Å². The highest BCUT2D eigenvalue weighted by Crippen LogP contribution is 2.21. The Morgan fingerprint density at radius 2 is 2.25 bits per heavy atom. The summed E-state index contributed by atoms with van der Waals surface area (Å²) in [4.78, 5) is 0. The first kappa shape index (κ1) is 7.69. The predicted molar refractivity (Wildman–Crippen MR) is 51.5 cm³/mol. The highest BCUT2D eigenvalue weighted by Gasteiger charge is 2.03. The monoisotopic (exact) mass is 178 g/mol. The van der Waals surface area contributed by atoms with Crippen molar-refractivity contribution >= 4 is 17.1 Å². The molecule has 0 saturated heterocycles. The van der Waals surface area contributed by atoms with E-state index in [1.165, 1.54) is 5.56 Å². The van der Waals surface area contributed by atoms with Crippen molar-refractivity contribution in [3.05, 3.63) is 47.6 Å². The molecule has 2 rings (SSSR count). The first-order valence-corrected chi connectivity index (χ1v) is 4.25. The Balaban J connectivity index is 2.82. The van der Waals surface area contributed by atoms with Gasteiger partial charge >= 0.3 is 0 Å². The molecule has 0 aliphatic heterocycles. The maximum absolute atomic E-state index is 6.00. The van der Waals surface area contributed by atoms with Crippen LogP contribution in [0, 0.1) is 6.42 Å². The number of pyridine rings is 1. The second-order valence-corrected chi connectivity index (χ2v) is 3.05. The number of hydrogen-bond donors (Lipinski definition) is 0. The molecular formula is C10H9ClN. The Hall–Kier alpha value is -0.950. The largest absolute Gasteiger partial charge is 0.307 e. The topological polar surface area (TPSA) is 4.41 Å². The molecule has 1 nitrogen and oxygen atoms in total. The molecule has 0 aliphatic rings. The molecule has 0 bridgehead atoms. The normalized spacial score (nSPS) is 10.8. The van der Waals surface area contributed by atoms with Crippen molar-refractivity contribution in [3.8, 4) is 0 Å². The fourth-order valence-electron chi connectivity index (χ4n) is 1.37. The first-order valence-electron chi connectivity index (χ1n) is 3.88. The van der Waals surface area contributed by atoms with Crippen molar-refractivity contribution in [2.75, 3.05) is 0 Å². The van der Waals surface area contributed by atoms with Gasteiger partial charge in [-0.05, 0) is 30.2 Å². The van der Waals surface area contributed by atoms with Crippen LogP contribution >= 0.6 is 11.6 Å². The summed E-state index contributed by atoms with van der Waals surface area (Å²) in [6, 6.07) is 8.01. The zero-order valence-corrected chi connectivity index (χ0v) is 7.55. The molecule has 0 fully saturated rings. The molecule has 0 atom stereocenters. The van der Waals surface area contributed by atoms with Gasteiger partial charge in [-0.25, -0.2) is 0 Å². The van der Waals surface area contributed by atoms with Crippen LogP contribution in [0.25, 0.3) is 5.52 Å². The van der Waals surface area contributed by atoms with Crippen LogP contribution in [0.5, 0.6) is 0 Å². The minimum Gasteiger partial charge on any atom is -0.307 e. The van der Waals surface area contributed by atoms with Crippen LogP contribution in [-0.2, 0) is 0 Å². The van der Waals surface area contributed by atoms with Gasteiger partial charge in [-0.2, -0.15) is 0 Å². The van der Waals surface area contributed by atoms with E-state index in [-0.39, 0.29) is 0 Å². The summed E-state index contributed by atoms with van der Waals surface area (Å²) in [6.45, 7) is 2.01. The number of rotatable bonds is 1. The molecule has 0 N–H and O–H groups in total. The van der Waals surface area contributed by atoms with Crippen LogP contribution in [0.15, 0.2) is 30.5 Å². The van der Waals surface area contributed by atoms with Crippen molar-refractivity contribution < 1.29 is 0 Å². The van der Waals surface area contributed by atoms with E-state index in [1.54, 1.807) is 0 Å². The van der Waals surface area contributed by atoms with E-state index < -0.39 is 0 Å². The molecule has 0 spiro atoms. The van der Waals surface area contributed by atoms with Gasteiger partial charge in [-0.3, -0.25) is 0 Å². The molecule has 12 heavy (non-hydrogen) atoms. The molecule has 0 aromatic carbocycles. The zero-order valence-electron chi connectivity index (χ0n) is 6.79. The average Bonchev–Trinajstić information content (AvgIpc) is 2.44. The van der Waals surface area contributed by atoms with Crippen LogP contribution in [0.1, 0.15) is 12.5 Å². The molecule has 0 saturated carbocycles. The number of hydrogen-bond acceptors (Lipinski definition) is 0. The molecule has 0 unspecified atom stereocenters. The van der Waals surface area contributed by atoms with Gasteiger partial charge < -0.3 is 4.40 Å². The first-order chi connectivity index (χ1) is 5.83. The highest BCUT2D eigenvalue weighted by atomic mass is 35.5. The molecule has 61 valence electrons. The Bertz CT molecular complexity index is 403. The van der Waals surface area contributed by atoms with Gasteiger partial charge in [0.25, 0.3) is 0 Å². The van der Waals surface area contributed by atoms with Gasteiger partial charge in [-0.15, -0.1) is 0 Å². The fraction of sp³-hybridized carbons (Fsp3) is 0.100. The lowest BCUT2D eigenvalue weighted by atomic mass is 10.2. The summed E-state index contributed by atoms with van der Waals surface area (Å²) in [7, 11) is 0. The van der Waals surface area contributed by atoms with Gasteiger partial charge in [0.2, 0.25) is 0 Å². The smallest absolute Gasteiger partial charge is 0.113 e. The summed E-state index contributed by atoms with van der Waals surface area (Å²) in [5.41, 5.74) is 2.34. The molecule has 2 aromatic heterocycles. The Kier molecular flexibility index (Phi) is 1.81. The van der Waals surface area contributed by atoms with Crippen LogP contribution in [0.3, 0.4) is 0 Å². The lowest BCUT2D eigenvalue weighted by Gasteiger charge is -1.95. The third-order valence-corrected chi connectivity index (χ3v) is 2.26. The molecule has 2 heterocycles. The van der Waals surface area contributed by atoms with E-state index in [0.717, 1.165) is 10.7 Å². The van der Waals surface area contributed by atoms with Crippen molar-refractivity contribution in [1.29, 1.82) is 0 Å². The lowest BCUT2D eigenvalue weighted by Crippen LogP contribution is -1.81. The average molecular weight is 179 g/mol. The quantitative estimate of drug-likeness (QED) is 0.632. The van der Waals surface area contributed by atoms with Crippen molar-refractivity contribution in [1.82, 2.24) is 4.40 Å². The number of nitrogens with zero attached hydrogens (tertiary/aromatic N) is 1. The van der Waals surface area contributed by atoms with E-state index in [4.69, 9.17) is 11.6 Å². The molecule has 2 heteroatoms. The minimum atomic E-state index is 0.763. The number of halogens is 1. The second kappa shape index (κ2) is 2.83. The summed E-state index contributed by atoms with van der Waals surface area (Å²) >= 11 is 6.00. The lowest BCUT2D eigenvalue weighted by molar-refractivity contribution is 1.20. The number of fused-ring (bicyclic) bond motifs is 1. The second-order valence-electron chi connectivity index (χ2n) is 2.67. The van der Waals surface area contributed by atoms with E-state index in [2.05, 4.69) is 12.5 Å². The van der Waals surface area contributed by atoms with E-state index >= 15 is 0 Å². The summed E-state index contributed by atoms with van der Waals surface area (Å²) in [5, 5.41) is 0.763. The Labute approximate surface area is 76.6 Å². The van der Waals surface area contributed by atoms with Gasteiger partial charge in [0.1, 0.15) is 5.15 Å². The molecule has 1 radical (unpaired) electrons. The van der Waals surface area contributed by atoms with Gasteiger partial charge in [0.05, 0.1) is 0 Å². The summed E-state index contributed by atoms with van der Waals surface area (Å²) in [5.74, 6) is 0. The van der Waals surface area contributed by atoms with Crippen LogP contribution in [0.4, 0.5) is 0 Å². The van der Waals surface area contributed by atoms with Crippen molar-refractivity contribution in [2.45, 2.75) is 6.92 Å². The third-order valence-electron chi connectivity index (χ3n) is 1.97. The molecular weight excluding hydrogens is 170 g/mol. The van der Waals surface area contributed by atoms with Gasteiger partial charge in [-0.1, -0.05) is 24.6 Å². The summed E-state index contributed by atoms with van der Waals surface area (Å²) in [6.07, 6.45) is 4.02. The minimum absolute atomic E-state index is 0.763. The molecule has 0 amide bonds. The van der Waals surface area contributed by atoms with Crippen molar-refractivity contribution in [3.63, 3.8) is 0 Å². The Morgan fingerprint density at radius 1 is 1.42 bits per heavy atom. The standard InChI is InChI=1S/C10H9ClN/c1-2-8-7-10(11)12-6-4-3-5-9(8)12/h2-7H,1H3. The Morgan fingerprint density at radius 3 is 3.00 bits per heavy atom. The maximum Gasteiger partial charge on any atom is 0.113 e. The third kappa shape index (κ3) is 1.01. The van der Waals surface area contributed by atoms with Gasteiger partial charge in [0.15, 0.2) is 0 Å². The zero-order chi connectivity index (χ0) is 8.55. The maximum atomic E-state index is 6.00. The highest BCUT2D eigenvalue weighted by molar-refractivity contribution is 6.30. The SMILES string of the molecule is C[CH]c1cc(Cl)n2ccccc12. The van der Waals surface area contributed by atoms with Crippen LogP contribution in [-0.4, -0.2) is 4.40 Å². The van der Waals surface area contributed by atoms with Gasteiger partial charge in [0, 0.05) is 11.7 Å². The van der Waals surface area contributed by atoms with Crippen molar-refractivity contribution in [2.24, 2.45) is 0 Å². The predicted octanol–water partition coefficient (Wildman–Crippen LogP) is 3.16. The van der Waals surface area contributed by atoms with Crippen LogP contribution in [0.2, 0.25) is 5.15 Å². The van der Waals surface area contributed by atoms with E-state index in [1.807, 2.05) is 35.7 Å². The van der Waals surface area contributed by atoms with E-state index in [9.17, 15) is 0 Å².